The molecule has 0 spiro atoms. The Bertz CT molecular complexity index is 2400. The number of benzene rings is 4. The lowest BCUT2D eigenvalue weighted by Gasteiger charge is -2.28. The number of fused-ring (bicyclic) bond motifs is 3. The normalized spacial score (nSPS) is 12.5. The van der Waals surface area contributed by atoms with Crippen molar-refractivity contribution in [2.45, 2.75) is 78.6 Å². The number of ether oxygens (including phenoxy) is 1. The third-order valence-corrected chi connectivity index (χ3v) is 9.66. The standard InChI is InChI=1S/C46H47N3O2/c1-44(2,3)32-23-31(24-34(26-32)51-41-25-30(21-22-47-41)29-15-11-10-12-16-29)38-20-19-36-35-17-13-14-18-39(35)49(43(36)48-38)40-28-33(45(4,5)6)27-37(42(40)50)46(7,8)9/h10-28,50H,1-9H3. The number of phenolic OH excluding ortho intramolecular Hbond substituents is 1. The van der Waals surface area contributed by atoms with E-state index in [1.807, 2.05) is 42.5 Å². The molecule has 7 aromatic rings. The molecule has 0 amide bonds. The molecule has 0 aliphatic carbocycles. The molecule has 0 aliphatic heterocycles. The van der Waals surface area contributed by atoms with Crippen molar-refractivity contribution >= 4 is 21.9 Å². The van der Waals surface area contributed by atoms with Gasteiger partial charge in [-0.1, -0.05) is 117 Å². The highest BCUT2D eigenvalue weighted by molar-refractivity contribution is 6.08. The van der Waals surface area contributed by atoms with Crippen molar-refractivity contribution in [3.8, 4) is 45.5 Å². The third-order valence-electron chi connectivity index (χ3n) is 9.66. The van der Waals surface area contributed by atoms with Crippen LogP contribution < -0.4 is 4.74 Å². The topological polar surface area (TPSA) is 60.2 Å². The Kier molecular flexibility index (Phi) is 8.29. The van der Waals surface area contributed by atoms with E-state index in [1.54, 1.807) is 6.20 Å². The van der Waals surface area contributed by atoms with Crippen LogP contribution in [0.3, 0.4) is 0 Å². The van der Waals surface area contributed by atoms with E-state index < -0.39 is 0 Å². The van der Waals surface area contributed by atoms with Crippen molar-refractivity contribution in [1.29, 1.82) is 0 Å². The van der Waals surface area contributed by atoms with Gasteiger partial charge in [-0.3, -0.25) is 4.57 Å². The average molecular weight is 674 g/mol. The molecule has 3 aromatic heterocycles. The smallest absolute Gasteiger partial charge is 0.219 e. The Morgan fingerprint density at radius 1 is 0.588 bits per heavy atom. The molecule has 0 radical (unpaired) electrons. The first-order valence-electron chi connectivity index (χ1n) is 17.7. The van der Waals surface area contributed by atoms with E-state index in [0.29, 0.717) is 11.6 Å². The molecule has 7 rings (SSSR count). The predicted molar refractivity (Wildman–Crippen MR) is 212 cm³/mol. The fourth-order valence-corrected chi connectivity index (χ4v) is 6.67. The van der Waals surface area contributed by atoms with Crippen molar-refractivity contribution in [3.05, 3.63) is 132 Å². The van der Waals surface area contributed by atoms with Gasteiger partial charge in [0.1, 0.15) is 17.1 Å². The summed E-state index contributed by atoms with van der Waals surface area (Å²) in [4.78, 5) is 9.95. The number of hydrogen-bond acceptors (Lipinski definition) is 4. The number of phenols is 1. The monoisotopic (exact) mass is 673 g/mol. The lowest BCUT2D eigenvalue weighted by molar-refractivity contribution is 0.442. The number of para-hydroxylation sites is 1. The molecule has 4 aromatic carbocycles. The van der Waals surface area contributed by atoms with Crippen LogP contribution in [-0.2, 0) is 16.2 Å². The minimum atomic E-state index is -0.267. The lowest BCUT2D eigenvalue weighted by atomic mass is 9.79. The molecular formula is C46H47N3O2. The van der Waals surface area contributed by atoms with Crippen LogP contribution in [0.4, 0.5) is 0 Å². The average Bonchev–Trinajstić information content (AvgIpc) is 3.41. The number of nitrogens with zero attached hydrogens (tertiary/aromatic N) is 3. The van der Waals surface area contributed by atoms with Crippen LogP contribution in [0.5, 0.6) is 17.4 Å². The first-order chi connectivity index (χ1) is 24.1. The Balaban J connectivity index is 1.42. The van der Waals surface area contributed by atoms with Gasteiger partial charge in [0.05, 0.1) is 16.9 Å². The molecule has 0 atom stereocenters. The van der Waals surface area contributed by atoms with Crippen LogP contribution in [0.1, 0.15) is 79.0 Å². The molecule has 51 heavy (non-hydrogen) atoms. The second kappa shape index (κ2) is 12.4. The zero-order valence-corrected chi connectivity index (χ0v) is 31.2. The van der Waals surface area contributed by atoms with Crippen molar-refractivity contribution in [3.63, 3.8) is 0 Å². The summed E-state index contributed by atoms with van der Waals surface area (Å²) in [5.74, 6) is 1.50. The number of hydrogen-bond donors (Lipinski definition) is 1. The lowest BCUT2D eigenvalue weighted by Crippen LogP contribution is -2.18. The van der Waals surface area contributed by atoms with Crippen molar-refractivity contribution in [1.82, 2.24) is 14.5 Å². The Labute approximate surface area is 301 Å². The van der Waals surface area contributed by atoms with E-state index in [1.165, 1.54) is 0 Å². The van der Waals surface area contributed by atoms with Crippen molar-refractivity contribution in [2.75, 3.05) is 0 Å². The van der Waals surface area contributed by atoms with E-state index in [4.69, 9.17) is 9.72 Å². The third kappa shape index (κ3) is 6.61. The van der Waals surface area contributed by atoms with Gasteiger partial charge >= 0.3 is 0 Å². The molecular weight excluding hydrogens is 627 g/mol. The predicted octanol–water partition coefficient (Wildman–Crippen LogP) is 12.3. The molecule has 0 saturated heterocycles. The van der Waals surface area contributed by atoms with E-state index in [-0.39, 0.29) is 22.0 Å². The highest BCUT2D eigenvalue weighted by atomic mass is 16.5. The van der Waals surface area contributed by atoms with E-state index >= 15 is 0 Å². The summed E-state index contributed by atoms with van der Waals surface area (Å²) in [6.45, 7) is 19.7. The molecule has 258 valence electrons. The van der Waals surface area contributed by atoms with Crippen LogP contribution in [0.25, 0.3) is 50.0 Å². The number of aromatic hydroxyl groups is 1. The molecule has 0 unspecified atom stereocenters. The number of rotatable bonds is 5. The number of pyridine rings is 2. The van der Waals surface area contributed by atoms with E-state index in [9.17, 15) is 5.11 Å². The maximum absolute atomic E-state index is 12.0. The number of aromatic nitrogens is 3. The fraction of sp³-hybridized carbons (Fsp3) is 0.261. The molecule has 0 bridgehead atoms. The summed E-state index contributed by atoms with van der Waals surface area (Å²) < 4.78 is 8.63. The minimum absolute atomic E-state index is 0.126. The quantitative estimate of drug-likeness (QED) is 0.198. The van der Waals surface area contributed by atoms with Gasteiger partial charge in [-0.2, -0.15) is 0 Å². The van der Waals surface area contributed by atoms with Gasteiger partial charge in [-0.05, 0) is 87.0 Å². The molecule has 5 nitrogen and oxygen atoms in total. The highest BCUT2D eigenvalue weighted by Gasteiger charge is 2.27. The minimum Gasteiger partial charge on any atom is -0.505 e. The Hall–Kier alpha value is -5.42. The van der Waals surface area contributed by atoms with Crippen LogP contribution >= 0.6 is 0 Å². The Morgan fingerprint density at radius 3 is 1.98 bits per heavy atom. The summed E-state index contributed by atoms with van der Waals surface area (Å²) in [6.07, 6.45) is 1.79. The largest absolute Gasteiger partial charge is 0.505 e. The summed E-state index contributed by atoms with van der Waals surface area (Å²) in [5.41, 5.74) is 9.09. The fourth-order valence-electron chi connectivity index (χ4n) is 6.67. The summed E-state index contributed by atoms with van der Waals surface area (Å²) in [6, 6.07) is 37.5. The van der Waals surface area contributed by atoms with Gasteiger partial charge in [-0.15, -0.1) is 0 Å². The maximum Gasteiger partial charge on any atom is 0.219 e. The summed E-state index contributed by atoms with van der Waals surface area (Å²) in [7, 11) is 0. The van der Waals surface area contributed by atoms with Crippen molar-refractivity contribution in [2.24, 2.45) is 0 Å². The first-order valence-corrected chi connectivity index (χ1v) is 17.7. The van der Waals surface area contributed by atoms with Crippen LogP contribution in [-0.4, -0.2) is 19.6 Å². The van der Waals surface area contributed by atoms with Gasteiger partial charge in [-0.25, -0.2) is 9.97 Å². The molecule has 1 N–H and O–H groups in total. The molecule has 0 fully saturated rings. The Morgan fingerprint density at radius 2 is 1.27 bits per heavy atom. The maximum atomic E-state index is 12.0. The molecule has 0 aliphatic rings. The van der Waals surface area contributed by atoms with Crippen molar-refractivity contribution < 1.29 is 9.84 Å². The van der Waals surface area contributed by atoms with Crippen LogP contribution in [0, 0.1) is 0 Å². The van der Waals surface area contributed by atoms with Gasteiger partial charge in [0.15, 0.2) is 0 Å². The summed E-state index contributed by atoms with van der Waals surface area (Å²) in [5, 5.41) is 14.1. The van der Waals surface area contributed by atoms with Crippen LogP contribution in [0.15, 0.2) is 115 Å². The van der Waals surface area contributed by atoms with E-state index in [0.717, 1.165) is 66.7 Å². The second-order valence-corrected chi connectivity index (χ2v) is 16.7. The zero-order chi connectivity index (χ0) is 36.3. The molecule has 0 saturated carbocycles. The van der Waals surface area contributed by atoms with Gasteiger partial charge in [0, 0.05) is 34.2 Å². The first kappa shape index (κ1) is 34.0. The zero-order valence-electron chi connectivity index (χ0n) is 31.2. The second-order valence-electron chi connectivity index (χ2n) is 16.7. The molecule has 3 heterocycles. The summed E-state index contributed by atoms with van der Waals surface area (Å²) >= 11 is 0. The van der Waals surface area contributed by atoms with Crippen LogP contribution in [0.2, 0.25) is 0 Å². The highest BCUT2D eigenvalue weighted by Crippen LogP contribution is 2.43. The SMILES string of the molecule is CC(C)(C)c1cc(Oc2cc(-c3ccccc3)ccn2)cc(-c2ccc3c4ccccc4n(-c4cc(C(C)(C)C)cc(C(C)(C)C)c4O)c3n2)c1. The van der Waals surface area contributed by atoms with Gasteiger partial charge in [0.25, 0.3) is 0 Å². The van der Waals surface area contributed by atoms with Gasteiger partial charge in [0.2, 0.25) is 5.88 Å². The van der Waals surface area contributed by atoms with Gasteiger partial charge < -0.3 is 9.84 Å². The van der Waals surface area contributed by atoms with E-state index in [2.05, 4.69) is 139 Å². The molecule has 5 heteroatoms.